The Labute approximate surface area is 73.8 Å². The van der Waals surface area contributed by atoms with Crippen LogP contribution in [0.15, 0.2) is 0 Å². The Morgan fingerprint density at radius 1 is 1.33 bits per heavy atom. The Morgan fingerprint density at radius 3 is 2.25 bits per heavy atom. The molecule has 0 aliphatic heterocycles. The Hall–Kier alpha value is -0.120. The van der Waals surface area contributed by atoms with E-state index in [2.05, 4.69) is 5.32 Å². The highest BCUT2D eigenvalue weighted by molar-refractivity contribution is 4.81. The molecule has 1 aliphatic rings. The van der Waals surface area contributed by atoms with Gasteiger partial charge in [-0.15, -0.1) is 0 Å². The second kappa shape index (κ2) is 4.21. The van der Waals surface area contributed by atoms with Crippen molar-refractivity contribution in [3.05, 3.63) is 0 Å². The third-order valence-corrected chi connectivity index (χ3v) is 2.69. The molecular formula is C9H19NO2. The fourth-order valence-corrected chi connectivity index (χ4v) is 1.16. The zero-order valence-electron chi connectivity index (χ0n) is 7.71. The third kappa shape index (κ3) is 2.44. The average molecular weight is 173 g/mol. The summed E-state index contributed by atoms with van der Waals surface area (Å²) < 4.78 is 0. The van der Waals surface area contributed by atoms with Crippen molar-refractivity contribution in [2.24, 2.45) is 5.41 Å². The molecule has 1 fully saturated rings. The summed E-state index contributed by atoms with van der Waals surface area (Å²) in [7, 11) is 0. The largest absolute Gasteiger partial charge is 0.396 e. The highest BCUT2D eigenvalue weighted by Gasteiger charge is 2.25. The molecule has 0 bridgehead atoms. The van der Waals surface area contributed by atoms with E-state index in [1.54, 1.807) is 0 Å². The normalized spacial score (nSPS) is 19.2. The van der Waals surface area contributed by atoms with Gasteiger partial charge in [-0.2, -0.15) is 0 Å². The van der Waals surface area contributed by atoms with Gasteiger partial charge in [-0.25, -0.2) is 0 Å². The summed E-state index contributed by atoms with van der Waals surface area (Å²) in [6.07, 6.45) is 3.80. The molecule has 3 N–H and O–H groups in total. The van der Waals surface area contributed by atoms with Crippen LogP contribution >= 0.6 is 0 Å². The van der Waals surface area contributed by atoms with Crippen LogP contribution in [0.4, 0.5) is 0 Å². The molecule has 0 saturated heterocycles. The smallest absolute Gasteiger partial charge is 0.0518 e. The standard InChI is InChI=1S/C9H19NO2/c1-9(6-11,7-12)5-10-8-3-2-4-8/h8,10-12H,2-7H2,1H3. The minimum Gasteiger partial charge on any atom is -0.396 e. The summed E-state index contributed by atoms with van der Waals surface area (Å²) in [4.78, 5) is 0. The highest BCUT2D eigenvalue weighted by Crippen LogP contribution is 2.20. The lowest BCUT2D eigenvalue weighted by atomic mass is 9.89. The molecule has 1 aliphatic carbocycles. The fraction of sp³-hybridized carbons (Fsp3) is 1.00. The van der Waals surface area contributed by atoms with Gasteiger partial charge in [-0.3, -0.25) is 0 Å². The molecule has 0 atom stereocenters. The minimum absolute atomic E-state index is 0.0449. The maximum Gasteiger partial charge on any atom is 0.0518 e. The zero-order valence-corrected chi connectivity index (χ0v) is 7.71. The van der Waals surface area contributed by atoms with Gasteiger partial charge in [0, 0.05) is 18.0 Å². The Bertz CT molecular complexity index is 130. The number of aliphatic hydroxyl groups excluding tert-OH is 2. The van der Waals surface area contributed by atoms with E-state index in [1.165, 1.54) is 19.3 Å². The first kappa shape index (κ1) is 9.96. The van der Waals surface area contributed by atoms with Crippen molar-refractivity contribution in [1.29, 1.82) is 0 Å². The maximum atomic E-state index is 8.99. The number of aliphatic hydroxyl groups is 2. The molecule has 12 heavy (non-hydrogen) atoms. The first-order valence-corrected chi connectivity index (χ1v) is 4.65. The Morgan fingerprint density at radius 2 is 1.92 bits per heavy atom. The van der Waals surface area contributed by atoms with E-state index >= 15 is 0 Å². The second-order valence-corrected chi connectivity index (χ2v) is 4.14. The van der Waals surface area contributed by atoms with Gasteiger partial charge in [0.25, 0.3) is 0 Å². The van der Waals surface area contributed by atoms with E-state index in [9.17, 15) is 0 Å². The van der Waals surface area contributed by atoms with E-state index < -0.39 is 0 Å². The van der Waals surface area contributed by atoms with Gasteiger partial charge in [0.15, 0.2) is 0 Å². The van der Waals surface area contributed by atoms with Gasteiger partial charge in [-0.1, -0.05) is 13.3 Å². The van der Waals surface area contributed by atoms with Crippen molar-refractivity contribution in [2.45, 2.75) is 32.2 Å². The van der Waals surface area contributed by atoms with Crippen molar-refractivity contribution in [3.8, 4) is 0 Å². The van der Waals surface area contributed by atoms with Gasteiger partial charge >= 0.3 is 0 Å². The predicted molar refractivity (Wildman–Crippen MR) is 47.9 cm³/mol. The lowest BCUT2D eigenvalue weighted by Crippen LogP contribution is -2.44. The molecule has 0 unspecified atom stereocenters. The average Bonchev–Trinajstić information content (AvgIpc) is 2.01. The van der Waals surface area contributed by atoms with Gasteiger partial charge in [0.2, 0.25) is 0 Å². The first-order valence-electron chi connectivity index (χ1n) is 4.65. The van der Waals surface area contributed by atoms with Crippen molar-refractivity contribution < 1.29 is 10.2 Å². The van der Waals surface area contributed by atoms with Crippen LogP contribution < -0.4 is 5.32 Å². The molecule has 3 heteroatoms. The summed E-state index contributed by atoms with van der Waals surface area (Å²) in [5.74, 6) is 0. The zero-order chi connectivity index (χ0) is 9.03. The van der Waals surface area contributed by atoms with Crippen molar-refractivity contribution in [2.75, 3.05) is 19.8 Å². The van der Waals surface area contributed by atoms with E-state index in [1.807, 2.05) is 6.92 Å². The van der Waals surface area contributed by atoms with Gasteiger partial charge in [-0.05, 0) is 12.8 Å². The molecular weight excluding hydrogens is 154 g/mol. The number of rotatable bonds is 5. The molecule has 0 heterocycles. The van der Waals surface area contributed by atoms with Gasteiger partial charge in [0.1, 0.15) is 0 Å². The quantitative estimate of drug-likeness (QED) is 0.553. The molecule has 0 aromatic rings. The predicted octanol–water partition coefficient (Wildman–Crippen LogP) is 0.119. The first-order chi connectivity index (χ1) is 5.70. The van der Waals surface area contributed by atoms with Crippen LogP contribution in [-0.4, -0.2) is 36.0 Å². The molecule has 3 nitrogen and oxygen atoms in total. The van der Waals surface area contributed by atoms with E-state index in [0.717, 1.165) is 0 Å². The second-order valence-electron chi connectivity index (χ2n) is 4.14. The van der Waals surface area contributed by atoms with Crippen LogP contribution in [-0.2, 0) is 0 Å². The fourth-order valence-electron chi connectivity index (χ4n) is 1.16. The summed E-state index contributed by atoms with van der Waals surface area (Å²) in [6.45, 7) is 2.69. The van der Waals surface area contributed by atoms with E-state index in [-0.39, 0.29) is 18.6 Å². The summed E-state index contributed by atoms with van der Waals surface area (Å²) in [6, 6.07) is 0.627. The molecule has 72 valence electrons. The van der Waals surface area contributed by atoms with E-state index in [0.29, 0.717) is 12.6 Å². The number of nitrogens with one attached hydrogen (secondary N) is 1. The van der Waals surface area contributed by atoms with Crippen LogP contribution in [0.2, 0.25) is 0 Å². The molecule has 0 spiro atoms. The van der Waals surface area contributed by atoms with Crippen LogP contribution in [0, 0.1) is 5.41 Å². The molecule has 1 saturated carbocycles. The van der Waals surface area contributed by atoms with Crippen LogP contribution in [0.5, 0.6) is 0 Å². The van der Waals surface area contributed by atoms with E-state index in [4.69, 9.17) is 10.2 Å². The lowest BCUT2D eigenvalue weighted by molar-refractivity contribution is 0.0643. The molecule has 0 radical (unpaired) electrons. The van der Waals surface area contributed by atoms with Crippen LogP contribution in [0.25, 0.3) is 0 Å². The lowest BCUT2D eigenvalue weighted by Gasteiger charge is -2.32. The monoisotopic (exact) mass is 173 g/mol. The Kier molecular flexibility index (Phi) is 3.50. The summed E-state index contributed by atoms with van der Waals surface area (Å²) >= 11 is 0. The molecule has 0 amide bonds. The number of hydrogen-bond acceptors (Lipinski definition) is 3. The van der Waals surface area contributed by atoms with Crippen LogP contribution in [0.1, 0.15) is 26.2 Å². The minimum atomic E-state index is -0.352. The van der Waals surface area contributed by atoms with Gasteiger partial charge in [0.05, 0.1) is 13.2 Å². The van der Waals surface area contributed by atoms with Crippen LogP contribution in [0.3, 0.4) is 0 Å². The maximum absolute atomic E-state index is 8.99. The van der Waals surface area contributed by atoms with Crippen molar-refractivity contribution in [1.82, 2.24) is 5.32 Å². The Balaban J connectivity index is 2.17. The SMILES string of the molecule is CC(CO)(CO)CNC1CCC1. The highest BCUT2D eigenvalue weighted by atomic mass is 16.3. The van der Waals surface area contributed by atoms with Gasteiger partial charge < -0.3 is 15.5 Å². The third-order valence-electron chi connectivity index (χ3n) is 2.69. The van der Waals surface area contributed by atoms with Crippen molar-refractivity contribution in [3.63, 3.8) is 0 Å². The summed E-state index contributed by atoms with van der Waals surface area (Å²) in [5.41, 5.74) is -0.352. The molecule has 0 aromatic carbocycles. The number of hydrogen-bond donors (Lipinski definition) is 3. The molecule has 1 rings (SSSR count). The summed E-state index contributed by atoms with van der Waals surface area (Å²) in [5, 5.41) is 21.3. The molecule has 0 aromatic heterocycles. The topological polar surface area (TPSA) is 52.5 Å². The van der Waals surface area contributed by atoms with Crippen molar-refractivity contribution >= 4 is 0 Å².